The van der Waals surface area contributed by atoms with Crippen LogP contribution in [0.1, 0.15) is 5.56 Å². The Morgan fingerprint density at radius 3 is 2.88 bits per heavy atom. The largest absolute Gasteiger partial charge is 0.496 e. The van der Waals surface area contributed by atoms with E-state index in [0.29, 0.717) is 18.0 Å². The number of hydrogen-bond donors (Lipinski definition) is 1. The maximum atomic E-state index is 11.2. The molecule has 0 aliphatic carbocycles. The molecule has 1 aromatic heterocycles. The van der Waals surface area contributed by atoms with Crippen LogP contribution in [-0.2, 0) is 6.54 Å². The summed E-state index contributed by atoms with van der Waals surface area (Å²) >= 11 is 3.27. The number of nitrogens with one attached hydrogen (secondary N) is 1. The highest BCUT2D eigenvalue weighted by Crippen LogP contribution is 2.31. The normalized spacial score (nSPS) is 10.8. The van der Waals surface area contributed by atoms with Crippen molar-refractivity contribution >= 4 is 44.7 Å². The number of nitro groups is 1. The highest BCUT2D eigenvalue weighted by atomic mass is 32.2. The van der Waals surface area contributed by atoms with Gasteiger partial charge in [0.15, 0.2) is 4.34 Å². The van der Waals surface area contributed by atoms with E-state index in [9.17, 15) is 10.1 Å². The van der Waals surface area contributed by atoms with Crippen molar-refractivity contribution < 1.29 is 9.66 Å². The maximum absolute atomic E-state index is 11.2. The molecule has 3 aromatic rings. The molecule has 0 spiro atoms. The first-order chi connectivity index (χ1) is 11.6. The Kier molecular flexibility index (Phi) is 4.86. The van der Waals surface area contributed by atoms with Crippen LogP contribution in [0.25, 0.3) is 10.2 Å². The number of benzene rings is 2. The smallest absolute Gasteiger partial charge is 0.296 e. The van der Waals surface area contributed by atoms with Gasteiger partial charge in [-0.2, -0.15) is 0 Å². The summed E-state index contributed by atoms with van der Waals surface area (Å²) < 4.78 is 7.19. The second kappa shape index (κ2) is 7.06. The standard InChI is InChI=1S/C16H15N3O3S2/c1-22-11-4-6-12(14(8-11)19(20)21)17-9-10-3-5-13-15(7-10)24-16(18-13)23-2/h3-8,17H,9H2,1-2H3. The van der Waals surface area contributed by atoms with Gasteiger partial charge in [0.25, 0.3) is 5.69 Å². The summed E-state index contributed by atoms with van der Waals surface area (Å²) in [6.07, 6.45) is 2.00. The van der Waals surface area contributed by atoms with Gasteiger partial charge in [-0.05, 0) is 36.1 Å². The summed E-state index contributed by atoms with van der Waals surface area (Å²) in [6, 6.07) is 10.8. The lowest BCUT2D eigenvalue weighted by Crippen LogP contribution is -2.03. The van der Waals surface area contributed by atoms with Crippen LogP contribution >= 0.6 is 23.1 Å². The molecular weight excluding hydrogens is 346 g/mol. The fraction of sp³-hybridized carbons (Fsp3) is 0.188. The van der Waals surface area contributed by atoms with Gasteiger partial charge in [-0.1, -0.05) is 17.8 Å². The first-order valence-corrected chi connectivity index (χ1v) is 9.14. The maximum Gasteiger partial charge on any atom is 0.296 e. The first-order valence-electron chi connectivity index (χ1n) is 7.10. The minimum Gasteiger partial charge on any atom is -0.496 e. The molecule has 0 fully saturated rings. The molecule has 0 aliphatic rings. The molecule has 0 radical (unpaired) electrons. The molecule has 1 heterocycles. The predicted molar refractivity (Wildman–Crippen MR) is 98.4 cm³/mol. The van der Waals surface area contributed by atoms with Gasteiger partial charge in [-0.15, -0.1) is 11.3 Å². The quantitative estimate of drug-likeness (QED) is 0.394. The molecule has 0 unspecified atom stereocenters. The average molecular weight is 361 g/mol. The molecule has 124 valence electrons. The van der Waals surface area contributed by atoms with E-state index in [4.69, 9.17) is 4.74 Å². The van der Waals surface area contributed by atoms with Gasteiger partial charge in [0.2, 0.25) is 0 Å². The Hall–Kier alpha value is -2.32. The van der Waals surface area contributed by atoms with Crippen molar-refractivity contribution in [2.75, 3.05) is 18.7 Å². The monoisotopic (exact) mass is 361 g/mol. The minimum absolute atomic E-state index is 0.00196. The molecule has 0 aliphatic heterocycles. The summed E-state index contributed by atoms with van der Waals surface area (Å²) in [5, 5.41) is 14.3. The molecule has 0 bridgehead atoms. The summed E-state index contributed by atoms with van der Waals surface area (Å²) in [5.74, 6) is 0.461. The number of methoxy groups -OCH3 is 1. The van der Waals surface area contributed by atoms with Crippen LogP contribution in [0.15, 0.2) is 40.7 Å². The Bertz CT molecular complexity index is 895. The predicted octanol–water partition coefficient (Wildman–Crippen LogP) is 4.55. The van der Waals surface area contributed by atoms with Crippen molar-refractivity contribution in [3.05, 3.63) is 52.1 Å². The van der Waals surface area contributed by atoms with E-state index in [1.54, 1.807) is 35.2 Å². The van der Waals surface area contributed by atoms with Gasteiger partial charge in [0.1, 0.15) is 11.4 Å². The first kappa shape index (κ1) is 16.5. The number of nitrogens with zero attached hydrogens (tertiary/aromatic N) is 2. The molecular formula is C16H15N3O3S2. The van der Waals surface area contributed by atoms with E-state index >= 15 is 0 Å². The highest BCUT2D eigenvalue weighted by Gasteiger charge is 2.15. The summed E-state index contributed by atoms with van der Waals surface area (Å²) in [7, 11) is 1.49. The fourth-order valence-electron chi connectivity index (χ4n) is 2.28. The van der Waals surface area contributed by atoms with Crippen molar-refractivity contribution in [1.29, 1.82) is 0 Å². The third-order valence-corrected chi connectivity index (χ3v) is 5.50. The van der Waals surface area contributed by atoms with E-state index in [1.807, 2.05) is 18.4 Å². The molecule has 0 saturated carbocycles. The molecule has 6 nitrogen and oxygen atoms in total. The summed E-state index contributed by atoms with van der Waals surface area (Å²) in [5.41, 5.74) is 2.49. The molecule has 0 amide bonds. The number of rotatable bonds is 6. The van der Waals surface area contributed by atoms with Crippen LogP contribution in [0.4, 0.5) is 11.4 Å². The Balaban J connectivity index is 1.81. The van der Waals surface area contributed by atoms with Gasteiger partial charge < -0.3 is 10.1 Å². The van der Waals surface area contributed by atoms with Gasteiger partial charge >= 0.3 is 0 Å². The minimum atomic E-state index is -0.415. The van der Waals surface area contributed by atoms with Crippen LogP contribution < -0.4 is 10.1 Å². The second-order valence-corrected chi connectivity index (χ2v) is 7.06. The van der Waals surface area contributed by atoms with E-state index in [0.717, 1.165) is 20.1 Å². The van der Waals surface area contributed by atoms with Crippen molar-refractivity contribution in [3.8, 4) is 5.75 Å². The van der Waals surface area contributed by atoms with Gasteiger partial charge in [0, 0.05) is 6.54 Å². The Labute approximate surface area is 147 Å². The zero-order valence-electron chi connectivity index (χ0n) is 13.1. The van der Waals surface area contributed by atoms with E-state index < -0.39 is 4.92 Å². The Morgan fingerprint density at radius 1 is 1.33 bits per heavy atom. The number of anilines is 1. The lowest BCUT2D eigenvalue weighted by Gasteiger charge is -2.08. The number of thioether (sulfide) groups is 1. The van der Waals surface area contributed by atoms with E-state index in [1.165, 1.54) is 13.2 Å². The number of fused-ring (bicyclic) bond motifs is 1. The average Bonchev–Trinajstić information content (AvgIpc) is 3.02. The molecule has 2 aromatic carbocycles. The second-order valence-electron chi connectivity index (χ2n) is 4.98. The molecule has 0 atom stereocenters. The van der Waals surface area contributed by atoms with Crippen LogP contribution in [0.3, 0.4) is 0 Å². The lowest BCUT2D eigenvalue weighted by atomic mass is 10.2. The molecule has 24 heavy (non-hydrogen) atoms. The number of nitro benzene ring substituents is 1. The van der Waals surface area contributed by atoms with E-state index in [2.05, 4.69) is 16.4 Å². The van der Waals surface area contributed by atoms with Gasteiger partial charge in [0.05, 0.1) is 28.3 Å². The molecule has 1 N–H and O–H groups in total. The third kappa shape index (κ3) is 3.44. The zero-order valence-corrected chi connectivity index (χ0v) is 14.7. The fourth-order valence-corrected chi connectivity index (χ4v) is 3.83. The number of ether oxygens (including phenoxy) is 1. The van der Waals surface area contributed by atoms with Crippen LogP contribution in [0.5, 0.6) is 5.75 Å². The summed E-state index contributed by atoms with van der Waals surface area (Å²) in [6.45, 7) is 0.496. The SMILES string of the molecule is COc1ccc(NCc2ccc3nc(SC)sc3c2)c([N+](=O)[O-])c1. The van der Waals surface area contributed by atoms with Crippen molar-refractivity contribution in [2.45, 2.75) is 10.9 Å². The number of thiazole rings is 1. The molecule has 8 heteroatoms. The summed E-state index contributed by atoms with van der Waals surface area (Å²) in [4.78, 5) is 15.3. The van der Waals surface area contributed by atoms with Crippen LogP contribution in [-0.4, -0.2) is 23.3 Å². The number of aromatic nitrogens is 1. The molecule has 3 rings (SSSR count). The molecule has 0 saturated heterocycles. The highest BCUT2D eigenvalue weighted by molar-refractivity contribution is 8.00. The number of hydrogen-bond acceptors (Lipinski definition) is 7. The van der Waals surface area contributed by atoms with Gasteiger partial charge in [-0.3, -0.25) is 10.1 Å². The van der Waals surface area contributed by atoms with Crippen molar-refractivity contribution in [2.24, 2.45) is 0 Å². The zero-order chi connectivity index (χ0) is 17.1. The topological polar surface area (TPSA) is 77.3 Å². The van der Waals surface area contributed by atoms with Crippen molar-refractivity contribution in [1.82, 2.24) is 4.98 Å². The van der Waals surface area contributed by atoms with E-state index in [-0.39, 0.29) is 5.69 Å². The van der Waals surface area contributed by atoms with Crippen molar-refractivity contribution in [3.63, 3.8) is 0 Å². The van der Waals surface area contributed by atoms with Crippen LogP contribution in [0, 0.1) is 10.1 Å². The third-order valence-electron chi connectivity index (χ3n) is 3.49. The lowest BCUT2D eigenvalue weighted by molar-refractivity contribution is -0.384. The Morgan fingerprint density at radius 2 is 2.17 bits per heavy atom. The van der Waals surface area contributed by atoms with Crippen LogP contribution in [0.2, 0.25) is 0 Å². The van der Waals surface area contributed by atoms with Gasteiger partial charge in [-0.25, -0.2) is 4.98 Å².